The third-order valence-corrected chi connectivity index (χ3v) is 2.73. The van der Waals surface area contributed by atoms with Crippen molar-refractivity contribution in [2.75, 3.05) is 0 Å². The van der Waals surface area contributed by atoms with Crippen molar-refractivity contribution in [1.82, 2.24) is 0 Å². The van der Waals surface area contributed by atoms with E-state index < -0.39 is 0 Å². The predicted molar refractivity (Wildman–Crippen MR) is 72.7 cm³/mol. The molecule has 1 nitrogen and oxygen atoms in total. The van der Waals surface area contributed by atoms with E-state index in [1.807, 2.05) is 43.3 Å². The summed E-state index contributed by atoms with van der Waals surface area (Å²) in [5, 5.41) is 0. The molecule has 0 N–H and O–H groups in total. The molecule has 0 amide bonds. The third-order valence-electron chi connectivity index (χ3n) is 2.73. The van der Waals surface area contributed by atoms with Gasteiger partial charge in [-0.3, -0.25) is 0 Å². The molecule has 2 rings (SSSR count). The molecule has 0 unspecified atom stereocenters. The van der Waals surface area contributed by atoms with E-state index in [2.05, 4.69) is 25.6 Å². The van der Waals surface area contributed by atoms with Gasteiger partial charge in [-0.15, -0.1) is 0 Å². The van der Waals surface area contributed by atoms with Gasteiger partial charge < -0.3 is 4.42 Å². The minimum absolute atomic E-state index is 0.862. The van der Waals surface area contributed by atoms with Crippen LogP contribution in [0.3, 0.4) is 0 Å². The number of furan rings is 1. The van der Waals surface area contributed by atoms with Gasteiger partial charge in [0.05, 0.1) is 0 Å². The molecule has 86 valence electrons. The lowest BCUT2D eigenvalue weighted by Crippen LogP contribution is -1.78. The average molecular weight is 224 g/mol. The molecule has 1 heterocycles. The van der Waals surface area contributed by atoms with Crippen LogP contribution in [0.4, 0.5) is 0 Å². The van der Waals surface area contributed by atoms with E-state index in [1.54, 1.807) is 0 Å². The van der Waals surface area contributed by atoms with Crippen LogP contribution in [-0.4, -0.2) is 0 Å². The molecule has 1 aromatic heterocycles. The van der Waals surface area contributed by atoms with Crippen molar-refractivity contribution < 1.29 is 4.42 Å². The van der Waals surface area contributed by atoms with Crippen LogP contribution in [0, 0.1) is 6.92 Å². The van der Waals surface area contributed by atoms with Gasteiger partial charge in [-0.25, -0.2) is 0 Å². The van der Waals surface area contributed by atoms with Crippen LogP contribution in [-0.2, 0) is 0 Å². The molecule has 0 fully saturated rings. The Labute approximate surface area is 102 Å². The molecule has 0 radical (unpaired) electrons. The lowest BCUT2D eigenvalue weighted by Gasteiger charge is -2.00. The summed E-state index contributed by atoms with van der Waals surface area (Å²) in [7, 11) is 0. The fourth-order valence-corrected chi connectivity index (χ4v) is 1.71. The summed E-state index contributed by atoms with van der Waals surface area (Å²) in [5.41, 5.74) is 3.46. The summed E-state index contributed by atoms with van der Waals surface area (Å²) >= 11 is 0. The maximum Gasteiger partial charge on any atom is 0.135 e. The largest absolute Gasteiger partial charge is 0.457 e. The molecule has 2 aromatic rings. The van der Waals surface area contributed by atoms with Gasteiger partial charge >= 0.3 is 0 Å². The molecule has 0 saturated carbocycles. The molecule has 1 heteroatoms. The average Bonchev–Trinajstić information content (AvgIpc) is 2.78. The summed E-state index contributed by atoms with van der Waals surface area (Å²) in [4.78, 5) is 0. The Hall–Kier alpha value is -2.02. The fraction of sp³-hybridized carbons (Fsp3) is 0.125. The topological polar surface area (TPSA) is 13.1 Å². The van der Waals surface area contributed by atoms with Crippen molar-refractivity contribution >= 4 is 6.08 Å². The number of benzene rings is 1. The quantitative estimate of drug-likeness (QED) is 0.679. The van der Waals surface area contributed by atoms with E-state index in [0.717, 1.165) is 22.7 Å². The second-order valence-electron chi connectivity index (χ2n) is 4.11. The highest BCUT2D eigenvalue weighted by Gasteiger charge is 2.05. The minimum Gasteiger partial charge on any atom is -0.457 e. The maximum absolute atomic E-state index is 5.80. The monoisotopic (exact) mass is 224 g/mol. The first-order valence-corrected chi connectivity index (χ1v) is 5.67. The summed E-state index contributed by atoms with van der Waals surface area (Å²) in [6.45, 7) is 7.81. The van der Waals surface area contributed by atoms with E-state index in [9.17, 15) is 0 Å². The SMILES string of the molecule is C=C/C(C)=C/c1ccc(-c2ccccc2C)o1. The van der Waals surface area contributed by atoms with Gasteiger partial charge in [0.1, 0.15) is 11.5 Å². The van der Waals surface area contributed by atoms with Gasteiger partial charge in [-0.05, 0) is 43.2 Å². The van der Waals surface area contributed by atoms with Crippen LogP contribution >= 0.6 is 0 Å². The first kappa shape index (κ1) is 11.5. The van der Waals surface area contributed by atoms with Crippen LogP contribution in [0.2, 0.25) is 0 Å². The van der Waals surface area contributed by atoms with Gasteiger partial charge in [0.15, 0.2) is 0 Å². The Morgan fingerprint density at radius 3 is 2.65 bits per heavy atom. The van der Waals surface area contributed by atoms with Crippen LogP contribution < -0.4 is 0 Å². The van der Waals surface area contributed by atoms with E-state index in [0.29, 0.717) is 0 Å². The summed E-state index contributed by atoms with van der Waals surface area (Å²) in [6.07, 6.45) is 3.80. The first-order chi connectivity index (χ1) is 8.20. The summed E-state index contributed by atoms with van der Waals surface area (Å²) < 4.78 is 5.80. The third kappa shape index (κ3) is 2.56. The molecule has 0 aliphatic heterocycles. The van der Waals surface area contributed by atoms with Crippen molar-refractivity contribution in [3.8, 4) is 11.3 Å². The number of hydrogen-bond acceptors (Lipinski definition) is 1. The van der Waals surface area contributed by atoms with E-state index >= 15 is 0 Å². The molecule has 0 bridgehead atoms. The van der Waals surface area contributed by atoms with Crippen molar-refractivity contribution in [3.05, 3.63) is 65.9 Å². The van der Waals surface area contributed by atoms with E-state index in [-0.39, 0.29) is 0 Å². The van der Waals surface area contributed by atoms with Gasteiger partial charge in [0.25, 0.3) is 0 Å². The molecule has 1 aromatic carbocycles. The zero-order valence-electron chi connectivity index (χ0n) is 10.2. The number of aryl methyl sites for hydroxylation is 1. The predicted octanol–water partition coefficient (Wildman–Crippen LogP) is 4.84. The van der Waals surface area contributed by atoms with Crippen LogP contribution in [0.15, 0.2) is 59.0 Å². The zero-order valence-corrected chi connectivity index (χ0v) is 10.2. The number of hydrogen-bond donors (Lipinski definition) is 0. The van der Waals surface area contributed by atoms with Gasteiger partial charge in [-0.1, -0.05) is 36.9 Å². The van der Waals surface area contributed by atoms with E-state index in [1.165, 1.54) is 5.56 Å². The van der Waals surface area contributed by atoms with Crippen LogP contribution in [0.1, 0.15) is 18.2 Å². The molecular formula is C16H16O. The lowest BCUT2D eigenvalue weighted by atomic mass is 10.1. The smallest absolute Gasteiger partial charge is 0.135 e. The van der Waals surface area contributed by atoms with Crippen molar-refractivity contribution in [2.45, 2.75) is 13.8 Å². The lowest BCUT2D eigenvalue weighted by molar-refractivity contribution is 0.571. The Kier molecular flexibility index (Phi) is 3.29. The maximum atomic E-state index is 5.80. The Bertz CT molecular complexity index is 558. The summed E-state index contributed by atoms with van der Waals surface area (Å²) in [5.74, 6) is 1.77. The summed E-state index contributed by atoms with van der Waals surface area (Å²) in [6, 6.07) is 12.2. The van der Waals surface area contributed by atoms with Gasteiger partial charge in [0.2, 0.25) is 0 Å². The number of allylic oxidation sites excluding steroid dienone is 2. The minimum atomic E-state index is 0.862. The second kappa shape index (κ2) is 4.88. The van der Waals surface area contributed by atoms with Gasteiger partial charge in [0, 0.05) is 5.56 Å². The standard InChI is InChI=1S/C16H16O/c1-4-12(2)11-14-9-10-16(17-14)15-8-6-5-7-13(15)3/h4-11H,1H2,2-3H3/b12-11+. The van der Waals surface area contributed by atoms with Crippen LogP contribution in [0.25, 0.3) is 17.4 Å². The highest BCUT2D eigenvalue weighted by Crippen LogP contribution is 2.26. The van der Waals surface area contributed by atoms with Gasteiger partial charge in [-0.2, -0.15) is 0 Å². The van der Waals surface area contributed by atoms with Crippen molar-refractivity contribution in [2.24, 2.45) is 0 Å². The van der Waals surface area contributed by atoms with Crippen LogP contribution in [0.5, 0.6) is 0 Å². The highest BCUT2D eigenvalue weighted by molar-refractivity contribution is 5.64. The van der Waals surface area contributed by atoms with E-state index in [4.69, 9.17) is 4.42 Å². The molecule has 17 heavy (non-hydrogen) atoms. The number of rotatable bonds is 3. The molecule has 0 aliphatic rings. The molecule has 0 aliphatic carbocycles. The molecule has 0 atom stereocenters. The fourth-order valence-electron chi connectivity index (χ4n) is 1.71. The Morgan fingerprint density at radius 2 is 1.94 bits per heavy atom. The van der Waals surface area contributed by atoms with Crippen molar-refractivity contribution in [1.29, 1.82) is 0 Å². The highest BCUT2D eigenvalue weighted by atomic mass is 16.3. The first-order valence-electron chi connectivity index (χ1n) is 5.67. The zero-order chi connectivity index (χ0) is 12.3. The Morgan fingerprint density at radius 1 is 1.18 bits per heavy atom. The van der Waals surface area contributed by atoms with Crippen molar-refractivity contribution in [3.63, 3.8) is 0 Å². The second-order valence-corrected chi connectivity index (χ2v) is 4.11. The Balaban J connectivity index is 2.37. The molecule has 0 saturated heterocycles. The molecular weight excluding hydrogens is 208 g/mol. The normalized spacial score (nSPS) is 11.5. The molecule has 0 spiro atoms.